The Morgan fingerprint density at radius 3 is 2.37 bits per heavy atom. The summed E-state index contributed by atoms with van der Waals surface area (Å²) in [5.74, 6) is -3.26. The van der Waals surface area contributed by atoms with Crippen LogP contribution in [0.15, 0.2) is 82.8 Å². The minimum absolute atomic E-state index is 0.00322. The molecule has 0 radical (unpaired) electrons. The van der Waals surface area contributed by atoms with Gasteiger partial charge in [0.25, 0.3) is 11.8 Å². The summed E-state index contributed by atoms with van der Waals surface area (Å²) in [6, 6.07) is 6.44. The van der Waals surface area contributed by atoms with E-state index in [1.54, 1.807) is 44.2 Å². The van der Waals surface area contributed by atoms with Crippen LogP contribution in [0.25, 0.3) is 0 Å². The number of para-hydroxylation sites is 1. The summed E-state index contributed by atoms with van der Waals surface area (Å²) < 4.78 is 21.9. The van der Waals surface area contributed by atoms with Crippen LogP contribution < -0.4 is 21.1 Å². The number of benzene rings is 1. The zero-order valence-electron chi connectivity index (χ0n) is 28.8. The van der Waals surface area contributed by atoms with Gasteiger partial charge in [0.2, 0.25) is 11.6 Å². The van der Waals surface area contributed by atoms with Crippen LogP contribution in [0.1, 0.15) is 50.9 Å². The lowest BCUT2D eigenvalue weighted by Crippen LogP contribution is -2.38. The highest BCUT2D eigenvalue weighted by Crippen LogP contribution is 2.29. The van der Waals surface area contributed by atoms with Crippen molar-refractivity contribution >= 4 is 29.5 Å². The summed E-state index contributed by atoms with van der Waals surface area (Å²) in [6.45, 7) is 6.80. The van der Waals surface area contributed by atoms with Crippen LogP contribution in [-0.2, 0) is 28.6 Å². The highest BCUT2D eigenvalue weighted by atomic mass is 16.6. The molecule has 0 saturated heterocycles. The lowest BCUT2D eigenvalue weighted by Gasteiger charge is -2.30. The number of fused-ring (bicyclic) bond motifs is 2. The number of aliphatic hydroxyl groups excluding tert-OH is 1. The van der Waals surface area contributed by atoms with E-state index < -0.39 is 59.8 Å². The number of Topliss-reactive ketones (excluding diaryl/α,β-unsaturated/α-hetero) is 1. The summed E-state index contributed by atoms with van der Waals surface area (Å²) in [6.07, 6.45) is 2.90. The molecule has 1 aromatic carbocycles. The Kier molecular flexibility index (Phi) is 13.8. The molecule has 0 unspecified atom stereocenters. The van der Waals surface area contributed by atoms with Crippen molar-refractivity contribution in [2.24, 2.45) is 17.6 Å². The van der Waals surface area contributed by atoms with Crippen molar-refractivity contribution in [1.29, 1.82) is 0 Å². The Bertz CT molecular complexity index is 1610. The average Bonchev–Trinajstić information content (AvgIpc) is 3.07. The second-order valence-corrected chi connectivity index (χ2v) is 12.1. The van der Waals surface area contributed by atoms with Gasteiger partial charge in [0, 0.05) is 37.4 Å². The van der Waals surface area contributed by atoms with Crippen LogP contribution in [-0.4, -0.2) is 80.3 Å². The number of ketones is 2. The first-order valence-electron chi connectivity index (χ1n) is 15.7. The van der Waals surface area contributed by atoms with E-state index in [9.17, 15) is 29.1 Å². The van der Waals surface area contributed by atoms with Gasteiger partial charge in [-0.3, -0.25) is 19.2 Å². The summed E-state index contributed by atoms with van der Waals surface area (Å²) in [5, 5.41) is 16.5. The van der Waals surface area contributed by atoms with Crippen molar-refractivity contribution in [3.63, 3.8) is 0 Å². The molecule has 1 aliphatic heterocycles. The fourth-order valence-electron chi connectivity index (χ4n) is 5.73. The minimum atomic E-state index is -1.04. The van der Waals surface area contributed by atoms with Crippen LogP contribution in [0, 0.1) is 11.8 Å². The Labute approximate surface area is 285 Å². The third kappa shape index (κ3) is 9.84. The van der Waals surface area contributed by atoms with E-state index in [2.05, 4.69) is 10.6 Å². The zero-order chi connectivity index (χ0) is 36.4. The molecule has 5 N–H and O–H groups in total. The molecule has 3 amide bonds. The van der Waals surface area contributed by atoms with Gasteiger partial charge in [0.1, 0.15) is 11.9 Å². The van der Waals surface area contributed by atoms with Crippen LogP contribution in [0.2, 0.25) is 0 Å². The van der Waals surface area contributed by atoms with Gasteiger partial charge in [-0.25, -0.2) is 4.79 Å². The normalized spacial score (nSPS) is 28.7. The van der Waals surface area contributed by atoms with Crippen molar-refractivity contribution in [2.45, 2.75) is 65.0 Å². The highest BCUT2D eigenvalue weighted by molar-refractivity contribution is 6.24. The fraction of sp³-hybridized carbons (Fsp3) is 0.417. The van der Waals surface area contributed by atoms with E-state index >= 15 is 0 Å². The van der Waals surface area contributed by atoms with E-state index in [1.165, 1.54) is 46.5 Å². The molecular formula is C36H45N3O10. The van der Waals surface area contributed by atoms with Gasteiger partial charge >= 0.3 is 6.09 Å². The van der Waals surface area contributed by atoms with Gasteiger partial charge in [-0.15, -0.1) is 0 Å². The molecule has 2 bridgehead atoms. The molecule has 0 saturated carbocycles. The number of nitrogens with two attached hydrogens (primary N) is 1. The maximum absolute atomic E-state index is 13.9. The zero-order valence-corrected chi connectivity index (χ0v) is 28.8. The Hall–Kier alpha value is -4.85. The topological polar surface area (TPSA) is 193 Å². The molecule has 1 aromatic rings. The van der Waals surface area contributed by atoms with Gasteiger partial charge in [-0.2, -0.15) is 0 Å². The van der Waals surface area contributed by atoms with Gasteiger partial charge in [-0.05, 0) is 50.3 Å². The van der Waals surface area contributed by atoms with Gasteiger partial charge in [0.05, 0.1) is 36.3 Å². The smallest absolute Gasteiger partial charge is 0.405 e. The predicted octanol–water partition coefficient (Wildman–Crippen LogP) is 3.20. The first-order chi connectivity index (χ1) is 23.2. The highest BCUT2D eigenvalue weighted by Gasteiger charge is 2.34. The van der Waals surface area contributed by atoms with Crippen molar-refractivity contribution < 1.29 is 48.0 Å². The number of aliphatic hydroxyl groups is 1. The van der Waals surface area contributed by atoms with Crippen molar-refractivity contribution in [3.05, 3.63) is 88.3 Å². The van der Waals surface area contributed by atoms with Crippen LogP contribution in [0.3, 0.4) is 0 Å². The predicted molar refractivity (Wildman–Crippen MR) is 180 cm³/mol. The van der Waals surface area contributed by atoms with E-state index in [4.69, 9.17) is 24.7 Å². The first kappa shape index (κ1) is 38.6. The molecule has 0 fully saturated rings. The van der Waals surface area contributed by atoms with Crippen LogP contribution in [0.5, 0.6) is 5.75 Å². The number of hydrogen-bond donors (Lipinski definition) is 4. The Morgan fingerprint density at radius 1 is 1.04 bits per heavy atom. The number of methoxy groups -OCH3 is 3. The molecule has 1 heterocycles. The number of amides is 3. The Balaban J connectivity index is 2.11. The molecule has 13 heteroatoms. The fourth-order valence-corrected chi connectivity index (χ4v) is 5.73. The third-order valence-electron chi connectivity index (χ3n) is 8.38. The standard InChI is InChI=1S/C36H45N3O10/c1-19-15-24-30(39-35(44)23-12-8-9-13-27(23)46-5)26(40)18-25(32(24)42)38-34(43)20(2)11-10-14-28(47-6)33(49-36(37)45)22(4)17-21(3)31(41)29(16-19)48-7/h8-14,17-19,21,28-29,31,33,41H,15-16H2,1-7H3,(H2,37,45)(H,38,43)(H,39,44)/b14-10-,20-11-,22-17-/t19-,21+,28-,29-,31+,33-/m1/s1. The number of nitrogens with one attached hydrogen (secondary N) is 2. The molecule has 2 aliphatic rings. The number of carbonyl (C=O) groups is 5. The quantitative estimate of drug-likeness (QED) is 0.256. The molecule has 13 nitrogen and oxygen atoms in total. The number of hydrogen-bond acceptors (Lipinski definition) is 10. The summed E-state index contributed by atoms with van der Waals surface area (Å²) in [7, 11) is 4.27. The van der Waals surface area contributed by atoms with Crippen molar-refractivity contribution in [3.8, 4) is 5.75 Å². The van der Waals surface area contributed by atoms with Crippen LogP contribution in [0.4, 0.5) is 4.79 Å². The lowest BCUT2D eigenvalue weighted by molar-refractivity contribution is -0.120. The van der Waals surface area contributed by atoms with E-state index in [0.717, 1.165) is 6.08 Å². The molecule has 264 valence electrons. The summed E-state index contributed by atoms with van der Waals surface area (Å²) in [5.41, 5.74) is 5.74. The summed E-state index contributed by atoms with van der Waals surface area (Å²) >= 11 is 0. The number of primary amides is 1. The van der Waals surface area contributed by atoms with Gasteiger partial charge in [-0.1, -0.05) is 50.3 Å². The maximum atomic E-state index is 13.9. The second-order valence-electron chi connectivity index (χ2n) is 12.1. The van der Waals surface area contributed by atoms with Gasteiger partial charge in [0.15, 0.2) is 6.10 Å². The molecule has 0 spiro atoms. The summed E-state index contributed by atoms with van der Waals surface area (Å²) in [4.78, 5) is 65.7. The lowest BCUT2D eigenvalue weighted by atomic mass is 9.85. The molecule has 3 rings (SSSR count). The Morgan fingerprint density at radius 2 is 1.73 bits per heavy atom. The maximum Gasteiger partial charge on any atom is 0.405 e. The van der Waals surface area contributed by atoms with E-state index in [0.29, 0.717) is 5.57 Å². The minimum Gasteiger partial charge on any atom is -0.496 e. The number of ether oxygens (including phenoxy) is 4. The van der Waals surface area contributed by atoms with Crippen molar-refractivity contribution in [1.82, 2.24) is 10.6 Å². The molecule has 6 atom stereocenters. The number of rotatable bonds is 6. The first-order valence-corrected chi connectivity index (χ1v) is 15.7. The molecule has 0 aromatic heterocycles. The van der Waals surface area contributed by atoms with Gasteiger partial charge < -0.3 is 40.4 Å². The monoisotopic (exact) mass is 679 g/mol. The molecule has 1 aliphatic carbocycles. The van der Waals surface area contributed by atoms with Crippen molar-refractivity contribution in [2.75, 3.05) is 21.3 Å². The molecule has 49 heavy (non-hydrogen) atoms. The van der Waals surface area contributed by atoms with E-state index in [-0.39, 0.29) is 52.6 Å². The number of allylic oxidation sites excluding steroid dienone is 4. The largest absolute Gasteiger partial charge is 0.496 e. The van der Waals surface area contributed by atoms with E-state index in [1.807, 2.05) is 6.92 Å². The molecular weight excluding hydrogens is 634 g/mol. The SMILES string of the molecule is COc1ccccc1C(=O)NC1=C2C[C@@H](C)C[C@@H](OC)[C@@H](O)[C@@H](C)/C=C(/C)[C@@H](OC(N)=O)[C@H](OC)/C=C\C=C(\C)C(=O)NC(=CC1=O)C2=O. The average molecular weight is 680 g/mol. The van der Waals surface area contributed by atoms with Crippen LogP contribution >= 0.6 is 0 Å². The third-order valence-corrected chi connectivity index (χ3v) is 8.38. The number of carbonyl (C=O) groups excluding carboxylic acids is 5. The second kappa shape index (κ2) is 17.5.